The van der Waals surface area contributed by atoms with Gasteiger partial charge in [0.1, 0.15) is 24.3 Å². The lowest BCUT2D eigenvalue weighted by Crippen LogP contribution is -2.41. The number of nitrogen functional groups attached to an aromatic ring is 1. The first kappa shape index (κ1) is 32.7. The van der Waals surface area contributed by atoms with E-state index < -0.39 is 16.3 Å². The van der Waals surface area contributed by atoms with Crippen molar-refractivity contribution in [1.29, 1.82) is 5.41 Å². The molecule has 0 amide bonds. The van der Waals surface area contributed by atoms with Gasteiger partial charge in [-0.25, -0.2) is 9.30 Å². The number of anilines is 1. The van der Waals surface area contributed by atoms with E-state index in [0.29, 0.717) is 36.2 Å². The molecule has 0 aromatic heterocycles. The normalized spacial score (nSPS) is 15.3. The zero-order valence-corrected chi connectivity index (χ0v) is 24.3. The Bertz CT molecular complexity index is 1330. The van der Waals surface area contributed by atoms with E-state index in [1.165, 1.54) is 0 Å². The molecule has 0 spiro atoms. The molecule has 2 aromatic carbocycles. The lowest BCUT2D eigenvalue weighted by Gasteiger charge is -2.32. The second-order valence-corrected chi connectivity index (χ2v) is 10.3. The number of nitrogens with one attached hydrogen (secondary N) is 1. The van der Waals surface area contributed by atoms with Gasteiger partial charge in [0, 0.05) is 38.4 Å². The first-order valence-corrected chi connectivity index (χ1v) is 13.6. The van der Waals surface area contributed by atoms with Gasteiger partial charge in [0.15, 0.2) is 0 Å². The molecule has 4 rings (SSSR count). The van der Waals surface area contributed by atoms with Gasteiger partial charge in [-0.2, -0.15) is 8.42 Å². The van der Waals surface area contributed by atoms with Gasteiger partial charge in [0.25, 0.3) is 6.02 Å². The van der Waals surface area contributed by atoms with Crippen LogP contribution in [-0.2, 0) is 24.0 Å². The number of hydrogen-bond acceptors (Lipinski definition) is 9. The van der Waals surface area contributed by atoms with E-state index in [1.54, 1.807) is 60.7 Å². The molecule has 3 N–H and O–H groups in total. The molecule has 0 aliphatic carbocycles. The number of carbonyl (C=O) groups is 1. The number of amidine groups is 2. The summed E-state index contributed by atoms with van der Waals surface area (Å²) in [5.74, 6) is -0.388. The van der Waals surface area contributed by atoms with Gasteiger partial charge in [-0.3, -0.25) is 10.2 Å². The maximum Gasteiger partial charge on any atom is 0.412 e. The number of nitrogens with two attached hydrogens (primary N) is 1. The fraction of sp³-hybridized carbons (Fsp3) is 0.346. The summed E-state index contributed by atoms with van der Waals surface area (Å²) >= 11 is 0. The molecule has 0 saturated carbocycles. The van der Waals surface area contributed by atoms with Crippen LogP contribution < -0.4 is 14.8 Å². The van der Waals surface area contributed by atoms with Gasteiger partial charge in [0.2, 0.25) is 0 Å². The number of ether oxygens (including phenoxy) is 2. The maximum atomic E-state index is 12.8. The summed E-state index contributed by atoms with van der Waals surface area (Å²) in [7, 11) is -4.40. The molecule has 1 fully saturated rings. The lowest BCUT2D eigenvalue weighted by atomic mass is 10.1. The van der Waals surface area contributed by atoms with Crippen molar-refractivity contribution in [3.05, 3.63) is 65.7 Å². The summed E-state index contributed by atoms with van der Waals surface area (Å²) in [5.41, 5.74) is 7.15. The van der Waals surface area contributed by atoms with E-state index in [4.69, 9.17) is 20.6 Å². The SMILES string of the molecule is CC(=O)OS(=O)(=O)N(C/C=C/c1cccc(C(=N)N)c1)c1ccc(OC2CCN(C3=NCCO3)CC2)cc1.Cl.Cl. The molecule has 0 radical (unpaired) electrons. The minimum Gasteiger partial charge on any atom is -0.490 e. The summed E-state index contributed by atoms with van der Waals surface area (Å²) < 4.78 is 42.9. The molecule has 0 unspecified atom stereocenters. The van der Waals surface area contributed by atoms with Crippen molar-refractivity contribution in [3.63, 3.8) is 0 Å². The second-order valence-electron chi connectivity index (χ2n) is 8.82. The van der Waals surface area contributed by atoms with E-state index in [0.717, 1.165) is 42.7 Å². The predicted molar refractivity (Wildman–Crippen MR) is 159 cm³/mol. The number of rotatable bonds is 9. The smallest absolute Gasteiger partial charge is 0.412 e. The highest BCUT2D eigenvalue weighted by Gasteiger charge is 2.27. The van der Waals surface area contributed by atoms with Crippen molar-refractivity contribution in [3.8, 4) is 5.75 Å². The fourth-order valence-corrected chi connectivity index (χ4v) is 5.21. The van der Waals surface area contributed by atoms with E-state index in [-0.39, 0.29) is 43.3 Å². The average molecular weight is 615 g/mol. The highest BCUT2D eigenvalue weighted by Crippen LogP contribution is 2.26. The topological polar surface area (TPSA) is 148 Å². The van der Waals surface area contributed by atoms with Crippen molar-refractivity contribution in [2.24, 2.45) is 10.7 Å². The number of likely N-dealkylation sites (tertiary alicyclic amines) is 1. The van der Waals surface area contributed by atoms with Gasteiger partial charge in [-0.1, -0.05) is 30.4 Å². The predicted octanol–water partition coefficient (Wildman–Crippen LogP) is 3.37. The van der Waals surface area contributed by atoms with E-state index in [9.17, 15) is 13.2 Å². The van der Waals surface area contributed by atoms with Crippen molar-refractivity contribution in [1.82, 2.24) is 4.90 Å². The van der Waals surface area contributed by atoms with Crippen LogP contribution in [0.3, 0.4) is 0 Å². The number of halogens is 2. The first-order chi connectivity index (χ1) is 18.2. The number of piperidine rings is 1. The molecule has 218 valence electrons. The molecular weight excluding hydrogens is 581 g/mol. The zero-order chi connectivity index (χ0) is 27.1. The van der Waals surface area contributed by atoms with Crippen LogP contribution in [0.1, 0.15) is 30.9 Å². The van der Waals surface area contributed by atoms with Crippen LogP contribution in [0.15, 0.2) is 59.6 Å². The maximum absolute atomic E-state index is 12.8. The van der Waals surface area contributed by atoms with Crippen molar-refractivity contribution in [2.45, 2.75) is 25.9 Å². The molecule has 2 aromatic rings. The molecule has 40 heavy (non-hydrogen) atoms. The van der Waals surface area contributed by atoms with E-state index in [2.05, 4.69) is 14.1 Å². The third-order valence-electron chi connectivity index (χ3n) is 5.98. The van der Waals surface area contributed by atoms with E-state index >= 15 is 0 Å². The van der Waals surface area contributed by atoms with Crippen LogP contribution in [0.2, 0.25) is 0 Å². The highest BCUT2D eigenvalue weighted by atomic mass is 35.5. The van der Waals surface area contributed by atoms with Gasteiger partial charge < -0.3 is 24.3 Å². The number of carbonyl (C=O) groups excluding carboxylic acids is 1. The Morgan fingerprint density at radius 3 is 2.50 bits per heavy atom. The van der Waals surface area contributed by atoms with Crippen LogP contribution in [-0.4, -0.2) is 70.0 Å². The minimum atomic E-state index is -4.40. The Morgan fingerprint density at radius 1 is 1.20 bits per heavy atom. The molecule has 2 aliphatic rings. The Labute approximate surface area is 246 Å². The monoisotopic (exact) mass is 613 g/mol. The third-order valence-corrected chi connectivity index (χ3v) is 7.33. The Kier molecular flexibility index (Phi) is 12.1. The Morgan fingerprint density at radius 2 is 1.90 bits per heavy atom. The minimum absolute atomic E-state index is 0. The van der Waals surface area contributed by atoms with Gasteiger partial charge >= 0.3 is 16.3 Å². The van der Waals surface area contributed by atoms with Crippen LogP contribution in [0.25, 0.3) is 6.08 Å². The number of aliphatic imine (C=N–C) groups is 1. The quantitative estimate of drug-likeness (QED) is 0.323. The van der Waals surface area contributed by atoms with Gasteiger partial charge in [-0.15, -0.1) is 24.8 Å². The summed E-state index contributed by atoms with van der Waals surface area (Å²) in [6.45, 7) is 3.85. The average Bonchev–Trinajstić information content (AvgIpc) is 3.42. The third kappa shape index (κ3) is 8.77. The van der Waals surface area contributed by atoms with Crippen molar-refractivity contribution < 1.29 is 26.9 Å². The molecule has 2 heterocycles. The van der Waals surface area contributed by atoms with Crippen LogP contribution in [0, 0.1) is 5.41 Å². The van der Waals surface area contributed by atoms with Crippen LogP contribution in [0.5, 0.6) is 5.75 Å². The summed E-state index contributed by atoms with van der Waals surface area (Å²) in [6, 6.07) is 14.3. The molecule has 2 aliphatic heterocycles. The zero-order valence-electron chi connectivity index (χ0n) is 21.9. The highest BCUT2D eigenvalue weighted by molar-refractivity contribution is 7.88. The molecule has 1 saturated heterocycles. The Balaban J connectivity index is 0.00000280. The fourth-order valence-electron chi connectivity index (χ4n) is 4.18. The van der Waals surface area contributed by atoms with Crippen LogP contribution in [0.4, 0.5) is 5.69 Å². The molecular formula is C26H33Cl2N5O6S. The number of benzene rings is 2. The summed E-state index contributed by atoms with van der Waals surface area (Å²) in [4.78, 5) is 17.9. The van der Waals surface area contributed by atoms with Gasteiger partial charge in [-0.05, 0) is 35.9 Å². The second kappa shape index (κ2) is 14.8. The van der Waals surface area contributed by atoms with Crippen LogP contribution >= 0.6 is 24.8 Å². The van der Waals surface area contributed by atoms with Gasteiger partial charge in [0.05, 0.1) is 18.8 Å². The summed E-state index contributed by atoms with van der Waals surface area (Å²) in [5, 5.41) is 7.57. The molecule has 0 bridgehead atoms. The Hall–Kier alpha value is -3.48. The molecule has 0 atom stereocenters. The number of hydrogen-bond donors (Lipinski definition) is 2. The first-order valence-electron chi connectivity index (χ1n) is 12.2. The number of nitrogens with zero attached hydrogens (tertiary/aromatic N) is 3. The molecule has 14 heteroatoms. The lowest BCUT2D eigenvalue weighted by molar-refractivity contribution is -0.131. The summed E-state index contributed by atoms with van der Waals surface area (Å²) in [6.07, 6.45) is 4.97. The van der Waals surface area contributed by atoms with E-state index in [1.807, 2.05) is 0 Å². The molecule has 11 nitrogen and oxygen atoms in total. The largest absolute Gasteiger partial charge is 0.490 e. The standard InChI is InChI=1S/C26H31N5O6S.2ClH/c1-19(32)37-38(33,34)31(14-3-5-20-4-2-6-21(18-20)25(27)28)22-7-9-23(10-8-22)36-24-11-15-30(16-12-24)26-29-13-17-35-26;;/h2-10,18,24H,11-17H2,1H3,(H3,27,28);2*1H/b5-3+;;. The van der Waals surface area contributed by atoms with Crippen molar-refractivity contribution >= 4 is 64.7 Å². The van der Waals surface area contributed by atoms with Crippen molar-refractivity contribution in [2.75, 3.05) is 37.1 Å².